The second-order valence-corrected chi connectivity index (χ2v) is 5.08. The predicted molar refractivity (Wildman–Crippen MR) is 78.5 cm³/mol. The molecular formula is C15H15F3N2O3. The minimum Gasteiger partial charge on any atom is -0.475 e. The summed E-state index contributed by atoms with van der Waals surface area (Å²) in [5.74, 6) is -2.76. The number of pyridine rings is 1. The number of alkyl halides is 3. The molecule has 124 valence electrons. The lowest BCUT2D eigenvalue weighted by molar-refractivity contribution is -0.192. The highest BCUT2D eigenvalue weighted by molar-refractivity contribution is 5.80. The maximum atomic E-state index is 11.3. The summed E-state index contributed by atoms with van der Waals surface area (Å²) < 4.78 is 31.7. The molecule has 1 aliphatic heterocycles. The second-order valence-electron chi connectivity index (χ2n) is 5.08. The van der Waals surface area contributed by atoms with E-state index in [0.29, 0.717) is 0 Å². The van der Waals surface area contributed by atoms with Crippen LogP contribution in [0.1, 0.15) is 11.1 Å². The number of carboxylic acids is 1. The standard InChI is InChI=1S/C13H14N2O.C2HF3O2/c16-13-2-1-11-7-9-3-5-14-6-4-10(9)8-12(11)15-13;3-2(4,5)1(6)7/h1-2,7-8,14H,3-6H2,(H,15,16);(H,6,7). The normalized spacial score (nSPS) is 14.4. The molecule has 0 atom stereocenters. The number of aromatic nitrogens is 1. The van der Waals surface area contributed by atoms with Crippen LogP contribution < -0.4 is 10.9 Å². The predicted octanol–water partition coefficient (Wildman–Crippen LogP) is 1.85. The molecule has 0 fully saturated rings. The van der Waals surface area contributed by atoms with Gasteiger partial charge in [-0.1, -0.05) is 0 Å². The molecule has 1 aromatic heterocycles. The molecule has 0 radical (unpaired) electrons. The Labute approximate surface area is 129 Å². The van der Waals surface area contributed by atoms with Crippen LogP contribution in [0.5, 0.6) is 0 Å². The fourth-order valence-corrected chi connectivity index (χ4v) is 2.33. The van der Waals surface area contributed by atoms with Crippen molar-refractivity contribution in [1.29, 1.82) is 0 Å². The minimum atomic E-state index is -5.08. The molecule has 0 unspecified atom stereocenters. The van der Waals surface area contributed by atoms with Crippen LogP contribution in [0.25, 0.3) is 10.9 Å². The summed E-state index contributed by atoms with van der Waals surface area (Å²) in [6.07, 6.45) is -2.97. The first kappa shape index (κ1) is 17.0. The van der Waals surface area contributed by atoms with Crippen molar-refractivity contribution < 1.29 is 23.1 Å². The van der Waals surface area contributed by atoms with Crippen molar-refractivity contribution in [2.24, 2.45) is 0 Å². The Bertz CT molecular complexity index is 769. The van der Waals surface area contributed by atoms with Crippen LogP contribution >= 0.6 is 0 Å². The molecule has 0 aliphatic carbocycles. The van der Waals surface area contributed by atoms with Crippen molar-refractivity contribution >= 4 is 16.9 Å². The highest BCUT2D eigenvalue weighted by Crippen LogP contribution is 2.19. The average molecular weight is 328 g/mol. The third kappa shape index (κ3) is 4.56. The van der Waals surface area contributed by atoms with E-state index in [-0.39, 0.29) is 5.56 Å². The lowest BCUT2D eigenvalue weighted by Crippen LogP contribution is -2.21. The summed E-state index contributed by atoms with van der Waals surface area (Å²) in [5, 5.41) is 11.6. The maximum absolute atomic E-state index is 11.3. The van der Waals surface area contributed by atoms with Crippen molar-refractivity contribution in [3.8, 4) is 0 Å². The van der Waals surface area contributed by atoms with Crippen LogP contribution in [0, 0.1) is 0 Å². The minimum absolute atomic E-state index is 0.0285. The van der Waals surface area contributed by atoms with E-state index in [2.05, 4.69) is 22.4 Å². The van der Waals surface area contributed by atoms with Gasteiger partial charge >= 0.3 is 12.1 Å². The van der Waals surface area contributed by atoms with E-state index in [9.17, 15) is 18.0 Å². The number of carbonyl (C=O) groups is 1. The number of aliphatic carboxylic acids is 1. The van der Waals surface area contributed by atoms with Crippen molar-refractivity contribution in [3.05, 3.63) is 45.7 Å². The van der Waals surface area contributed by atoms with Crippen LogP contribution in [0.15, 0.2) is 29.1 Å². The second kappa shape index (κ2) is 6.82. The molecule has 0 spiro atoms. The molecule has 3 rings (SSSR count). The van der Waals surface area contributed by atoms with Gasteiger partial charge in [-0.15, -0.1) is 0 Å². The number of hydrogen-bond donors (Lipinski definition) is 3. The van der Waals surface area contributed by atoms with Gasteiger partial charge in [0, 0.05) is 11.6 Å². The van der Waals surface area contributed by atoms with Gasteiger partial charge in [0.2, 0.25) is 5.56 Å². The Morgan fingerprint density at radius 1 is 1.09 bits per heavy atom. The molecule has 0 saturated heterocycles. The monoisotopic (exact) mass is 328 g/mol. The molecule has 1 aliphatic rings. The molecule has 2 aromatic rings. The number of H-pyrrole nitrogens is 1. The first-order valence-corrected chi connectivity index (χ1v) is 6.93. The molecule has 0 amide bonds. The number of aromatic amines is 1. The van der Waals surface area contributed by atoms with Gasteiger partial charge in [-0.2, -0.15) is 13.2 Å². The van der Waals surface area contributed by atoms with E-state index in [1.54, 1.807) is 6.07 Å². The molecule has 23 heavy (non-hydrogen) atoms. The van der Waals surface area contributed by atoms with Gasteiger partial charge in [0.05, 0.1) is 0 Å². The van der Waals surface area contributed by atoms with Crippen LogP contribution in [-0.4, -0.2) is 35.3 Å². The summed E-state index contributed by atoms with van der Waals surface area (Å²) >= 11 is 0. The summed E-state index contributed by atoms with van der Waals surface area (Å²) in [4.78, 5) is 23.0. The third-order valence-electron chi connectivity index (χ3n) is 3.43. The number of carboxylic acid groups (broad SMARTS) is 1. The summed E-state index contributed by atoms with van der Waals surface area (Å²) in [5.41, 5.74) is 3.69. The Hall–Kier alpha value is -2.35. The topological polar surface area (TPSA) is 82.2 Å². The number of fused-ring (bicyclic) bond motifs is 2. The molecule has 0 saturated carbocycles. The van der Waals surface area contributed by atoms with E-state index in [1.165, 1.54) is 11.1 Å². The summed E-state index contributed by atoms with van der Waals surface area (Å²) in [6.45, 7) is 2.07. The first-order chi connectivity index (χ1) is 10.8. The van der Waals surface area contributed by atoms with Gasteiger partial charge < -0.3 is 15.4 Å². The van der Waals surface area contributed by atoms with E-state index in [4.69, 9.17) is 9.90 Å². The fraction of sp³-hybridized carbons (Fsp3) is 0.333. The van der Waals surface area contributed by atoms with Gasteiger partial charge in [0.15, 0.2) is 0 Å². The zero-order chi connectivity index (χ0) is 17.0. The fourth-order valence-electron chi connectivity index (χ4n) is 2.33. The van der Waals surface area contributed by atoms with Crippen molar-refractivity contribution in [2.45, 2.75) is 19.0 Å². The lowest BCUT2D eigenvalue weighted by Gasteiger charge is -2.07. The highest BCUT2D eigenvalue weighted by Gasteiger charge is 2.38. The van der Waals surface area contributed by atoms with Crippen LogP contribution in [-0.2, 0) is 17.6 Å². The number of rotatable bonds is 0. The summed E-state index contributed by atoms with van der Waals surface area (Å²) in [6, 6.07) is 7.81. The summed E-state index contributed by atoms with van der Waals surface area (Å²) in [7, 11) is 0. The average Bonchev–Trinajstić information content (AvgIpc) is 2.69. The Morgan fingerprint density at radius 3 is 2.22 bits per heavy atom. The van der Waals surface area contributed by atoms with Crippen molar-refractivity contribution in [1.82, 2.24) is 10.3 Å². The maximum Gasteiger partial charge on any atom is 0.490 e. The Morgan fingerprint density at radius 2 is 1.65 bits per heavy atom. The van der Waals surface area contributed by atoms with Crippen LogP contribution in [0.4, 0.5) is 13.2 Å². The SMILES string of the molecule is O=C(O)C(F)(F)F.O=c1ccc2cc3c(cc2[nH]1)CCNCC3. The third-order valence-corrected chi connectivity index (χ3v) is 3.43. The number of hydrogen-bond acceptors (Lipinski definition) is 3. The molecule has 3 N–H and O–H groups in total. The van der Waals surface area contributed by atoms with Gasteiger partial charge in [-0.3, -0.25) is 4.79 Å². The Balaban J connectivity index is 0.000000236. The molecule has 5 nitrogen and oxygen atoms in total. The number of benzene rings is 1. The smallest absolute Gasteiger partial charge is 0.475 e. The van der Waals surface area contributed by atoms with Crippen molar-refractivity contribution in [2.75, 3.05) is 13.1 Å². The molecule has 1 aromatic carbocycles. The molecular weight excluding hydrogens is 313 g/mol. The number of halogens is 3. The highest BCUT2D eigenvalue weighted by atomic mass is 19.4. The molecule has 8 heteroatoms. The van der Waals surface area contributed by atoms with Crippen LogP contribution in [0.3, 0.4) is 0 Å². The van der Waals surface area contributed by atoms with Gasteiger partial charge in [-0.05, 0) is 60.6 Å². The zero-order valence-corrected chi connectivity index (χ0v) is 12.0. The number of nitrogens with one attached hydrogen (secondary N) is 2. The molecule has 0 bridgehead atoms. The first-order valence-electron chi connectivity index (χ1n) is 6.93. The van der Waals surface area contributed by atoms with Gasteiger partial charge in [-0.25, -0.2) is 4.79 Å². The Kier molecular flexibility index (Phi) is 5.05. The van der Waals surface area contributed by atoms with E-state index in [0.717, 1.165) is 36.8 Å². The quantitative estimate of drug-likeness (QED) is 0.689. The lowest BCUT2D eigenvalue weighted by atomic mass is 10.0. The van der Waals surface area contributed by atoms with Gasteiger partial charge in [0.25, 0.3) is 0 Å². The van der Waals surface area contributed by atoms with E-state index >= 15 is 0 Å². The van der Waals surface area contributed by atoms with Crippen LogP contribution in [0.2, 0.25) is 0 Å². The molecule has 2 heterocycles. The van der Waals surface area contributed by atoms with Crippen molar-refractivity contribution in [3.63, 3.8) is 0 Å². The van der Waals surface area contributed by atoms with Gasteiger partial charge in [0.1, 0.15) is 0 Å². The zero-order valence-electron chi connectivity index (χ0n) is 12.0. The van der Waals surface area contributed by atoms with E-state index < -0.39 is 12.1 Å². The van der Waals surface area contributed by atoms with E-state index in [1.807, 2.05) is 6.07 Å². The largest absolute Gasteiger partial charge is 0.490 e.